The summed E-state index contributed by atoms with van der Waals surface area (Å²) in [5.41, 5.74) is 6.13. The predicted octanol–water partition coefficient (Wildman–Crippen LogP) is 2.85. The zero-order valence-electron chi connectivity index (χ0n) is 11.6. The van der Waals surface area contributed by atoms with E-state index in [1.54, 1.807) is 0 Å². The van der Waals surface area contributed by atoms with Crippen molar-refractivity contribution < 1.29 is 0 Å². The van der Waals surface area contributed by atoms with Crippen molar-refractivity contribution in [2.75, 3.05) is 18.6 Å². The van der Waals surface area contributed by atoms with Crippen LogP contribution in [0, 0.1) is 0 Å². The van der Waals surface area contributed by atoms with Crippen LogP contribution in [-0.2, 0) is 0 Å². The molecule has 0 radical (unpaired) electrons. The van der Waals surface area contributed by atoms with Gasteiger partial charge in [-0.15, -0.1) is 0 Å². The average Bonchev–Trinajstić information content (AvgIpc) is 2.59. The van der Waals surface area contributed by atoms with Gasteiger partial charge in [0.1, 0.15) is 0 Å². The molecule has 0 spiro atoms. The SMILES string of the molecule is CSCCCC1CN=C(N)N1C1CCCCCC1. The largest absolute Gasteiger partial charge is 0.370 e. The highest BCUT2D eigenvalue weighted by Crippen LogP contribution is 2.27. The van der Waals surface area contributed by atoms with E-state index in [1.807, 2.05) is 11.8 Å². The molecule has 0 aromatic heterocycles. The average molecular weight is 269 g/mol. The summed E-state index contributed by atoms with van der Waals surface area (Å²) in [6, 6.07) is 1.25. The Hall–Kier alpha value is -0.380. The number of nitrogens with two attached hydrogens (primary N) is 1. The normalized spacial score (nSPS) is 26.2. The van der Waals surface area contributed by atoms with E-state index in [-0.39, 0.29) is 0 Å². The summed E-state index contributed by atoms with van der Waals surface area (Å²) in [4.78, 5) is 6.96. The maximum absolute atomic E-state index is 6.13. The van der Waals surface area contributed by atoms with Gasteiger partial charge < -0.3 is 10.6 Å². The molecule has 1 aliphatic carbocycles. The second kappa shape index (κ2) is 7.27. The zero-order chi connectivity index (χ0) is 12.8. The third kappa shape index (κ3) is 3.56. The summed E-state index contributed by atoms with van der Waals surface area (Å²) >= 11 is 1.94. The lowest BCUT2D eigenvalue weighted by Gasteiger charge is -2.34. The summed E-state index contributed by atoms with van der Waals surface area (Å²) in [5, 5.41) is 0. The Kier molecular flexibility index (Phi) is 5.67. The minimum atomic E-state index is 0.584. The van der Waals surface area contributed by atoms with Crippen molar-refractivity contribution >= 4 is 17.7 Å². The number of hydrogen-bond acceptors (Lipinski definition) is 4. The molecular weight excluding hydrogens is 242 g/mol. The van der Waals surface area contributed by atoms with E-state index in [9.17, 15) is 0 Å². The van der Waals surface area contributed by atoms with Gasteiger partial charge in [-0.3, -0.25) is 4.99 Å². The Bertz CT molecular complexity index is 272. The summed E-state index contributed by atoms with van der Waals surface area (Å²) in [5.74, 6) is 2.07. The fourth-order valence-corrected chi connectivity index (χ4v) is 3.73. The monoisotopic (exact) mass is 269 g/mol. The van der Waals surface area contributed by atoms with Crippen molar-refractivity contribution in [3.05, 3.63) is 0 Å². The highest BCUT2D eigenvalue weighted by atomic mass is 32.2. The molecule has 3 nitrogen and oxygen atoms in total. The lowest BCUT2D eigenvalue weighted by atomic mass is 10.0. The zero-order valence-corrected chi connectivity index (χ0v) is 12.4. The van der Waals surface area contributed by atoms with E-state index in [2.05, 4.69) is 16.1 Å². The molecule has 2 N–H and O–H groups in total. The lowest BCUT2D eigenvalue weighted by Crippen LogP contribution is -2.47. The van der Waals surface area contributed by atoms with Gasteiger partial charge in [-0.25, -0.2) is 0 Å². The number of guanidine groups is 1. The van der Waals surface area contributed by atoms with E-state index < -0.39 is 0 Å². The highest BCUT2D eigenvalue weighted by molar-refractivity contribution is 7.98. The van der Waals surface area contributed by atoms with E-state index in [1.165, 1.54) is 57.1 Å². The molecule has 4 heteroatoms. The van der Waals surface area contributed by atoms with Crippen LogP contribution in [0.15, 0.2) is 4.99 Å². The van der Waals surface area contributed by atoms with Crippen molar-refractivity contribution in [1.29, 1.82) is 0 Å². The summed E-state index contributed by atoms with van der Waals surface area (Å²) in [6.45, 7) is 0.927. The number of aliphatic imine (C=N–C) groups is 1. The first-order valence-corrected chi connectivity index (χ1v) is 8.79. The quantitative estimate of drug-likeness (QED) is 0.616. The number of nitrogens with zero attached hydrogens (tertiary/aromatic N) is 2. The van der Waals surface area contributed by atoms with Gasteiger partial charge in [0.15, 0.2) is 5.96 Å². The summed E-state index contributed by atoms with van der Waals surface area (Å²) in [6.07, 6.45) is 12.9. The Morgan fingerprint density at radius 2 is 2.00 bits per heavy atom. The van der Waals surface area contributed by atoms with Crippen LogP contribution < -0.4 is 5.73 Å². The molecule has 0 saturated heterocycles. The van der Waals surface area contributed by atoms with Crippen LogP contribution in [-0.4, -0.2) is 41.5 Å². The van der Waals surface area contributed by atoms with Gasteiger partial charge in [0.25, 0.3) is 0 Å². The van der Waals surface area contributed by atoms with Crippen LogP contribution >= 0.6 is 11.8 Å². The third-order valence-corrected chi connectivity index (χ3v) is 4.92. The number of rotatable bonds is 5. The molecule has 1 atom stereocenters. The molecule has 0 bridgehead atoms. The molecule has 0 amide bonds. The summed E-state index contributed by atoms with van der Waals surface area (Å²) < 4.78 is 0. The fourth-order valence-electron chi connectivity index (χ4n) is 3.27. The molecule has 2 rings (SSSR count). The second-order valence-electron chi connectivity index (χ2n) is 5.54. The van der Waals surface area contributed by atoms with Crippen molar-refractivity contribution in [1.82, 2.24) is 4.90 Å². The summed E-state index contributed by atoms with van der Waals surface area (Å²) in [7, 11) is 0. The van der Waals surface area contributed by atoms with Gasteiger partial charge in [0.2, 0.25) is 0 Å². The Morgan fingerprint density at radius 3 is 2.67 bits per heavy atom. The maximum atomic E-state index is 6.13. The van der Waals surface area contributed by atoms with E-state index in [0.29, 0.717) is 12.1 Å². The van der Waals surface area contributed by atoms with Crippen LogP contribution in [0.25, 0.3) is 0 Å². The molecule has 1 fully saturated rings. The van der Waals surface area contributed by atoms with Gasteiger partial charge in [-0.1, -0.05) is 25.7 Å². The van der Waals surface area contributed by atoms with E-state index in [4.69, 9.17) is 5.73 Å². The van der Waals surface area contributed by atoms with Crippen LogP contribution in [0.4, 0.5) is 0 Å². The third-order valence-electron chi connectivity index (χ3n) is 4.23. The molecule has 104 valence electrons. The lowest BCUT2D eigenvalue weighted by molar-refractivity contribution is 0.226. The second-order valence-corrected chi connectivity index (χ2v) is 6.53. The fraction of sp³-hybridized carbons (Fsp3) is 0.929. The van der Waals surface area contributed by atoms with E-state index >= 15 is 0 Å². The Labute approximate surface area is 116 Å². The molecule has 1 unspecified atom stereocenters. The van der Waals surface area contributed by atoms with Crippen molar-refractivity contribution in [2.24, 2.45) is 10.7 Å². The van der Waals surface area contributed by atoms with E-state index in [0.717, 1.165) is 12.5 Å². The molecule has 2 aliphatic rings. The first-order valence-electron chi connectivity index (χ1n) is 7.40. The predicted molar refractivity (Wildman–Crippen MR) is 81.2 cm³/mol. The van der Waals surface area contributed by atoms with Gasteiger partial charge in [0.05, 0.1) is 12.6 Å². The minimum absolute atomic E-state index is 0.584. The smallest absolute Gasteiger partial charge is 0.191 e. The van der Waals surface area contributed by atoms with Crippen molar-refractivity contribution in [3.63, 3.8) is 0 Å². The van der Waals surface area contributed by atoms with Crippen LogP contribution in [0.1, 0.15) is 51.4 Å². The molecular formula is C14H27N3S. The number of hydrogen-bond donors (Lipinski definition) is 1. The van der Waals surface area contributed by atoms with Crippen molar-refractivity contribution in [2.45, 2.75) is 63.5 Å². The molecule has 0 aromatic carbocycles. The number of thioether (sulfide) groups is 1. The Morgan fingerprint density at radius 1 is 1.28 bits per heavy atom. The van der Waals surface area contributed by atoms with Gasteiger partial charge in [0, 0.05) is 6.04 Å². The topological polar surface area (TPSA) is 41.6 Å². The molecule has 0 aromatic rings. The molecule has 1 heterocycles. The standard InChI is InChI=1S/C14H27N3S/c1-18-10-6-9-13-11-16-14(15)17(13)12-7-4-2-3-5-8-12/h12-13H,2-11H2,1H3,(H2,15,16). The van der Waals surface area contributed by atoms with Crippen molar-refractivity contribution in [3.8, 4) is 0 Å². The van der Waals surface area contributed by atoms with Crippen LogP contribution in [0.3, 0.4) is 0 Å². The minimum Gasteiger partial charge on any atom is -0.370 e. The van der Waals surface area contributed by atoms with Gasteiger partial charge in [-0.2, -0.15) is 11.8 Å². The van der Waals surface area contributed by atoms with Gasteiger partial charge in [-0.05, 0) is 37.7 Å². The van der Waals surface area contributed by atoms with Crippen LogP contribution in [0.2, 0.25) is 0 Å². The molecule has 1 saturated carbocycles. The molecule has 18 heavy (non-hydrogen) atoms. The highest BCUT2D eigenvalue weighted by Gasteiger charge is 2.31. The van der Waals surface area contributed by atoms with Crippen LogP contribution in [0.5, 0.6) is 0 Å². The first kappa shape index (κ1) is 14.0. The van der Waals surface area contributed by atoms with Gasteiger partial charge >= 0.3 is 0 Å². The molecule has 1 aliphatic heterocycles. The maximum Gasteiger partial charge on any atom is 0.191 e. The Balaban J connectivity index is 1.90. The first-order chi connectivity index (χ1) is 8.83.